The summed E-state index contributed by atoms with van der Waals surface area (Å²) in [4.78, 5) is 32.0. The number of carbonyl (C=O) groups is 2. The van der Waals surface area contributed by atoms with E-state index in [-0.39, 0.29) is 0 Å². The third kappa shape index (κ3) is 5.03. The number of para-hydroxylation sites is 1. The number of aromatic nitrogens is 1. The highest BCUT2D eigenvalue weighted by Gasteiger charge is 2.17. The van der Waals surface area contributed by atoms with E-state index in [2.05, 4.69) is 29.0 Å². The van der Waals surface area contributed by atoms with Gasteiger partial charge in [-0.25, -0.2) is 9.78 Å². The van der Waals surface area contributed by atoms with Crippen LogP contribution in [0.15, 0.2) is 77.4 Å². The Morgan fingerprint density at radius 2 is 1.76 bits per heavy atom. The summed E-state index contributed by atoms with van der Waals surface area (Å²) in [6.07, 6.45) is 1.54. The number of fused-ring (bicyclic) bond motifs is 1. The number of rotatable bonds is 8. The summed E-state index contributed by atoms with van der Waals surface area (Å²) in [5.74, 6) is -0.474. The highest BCUT2D eigenvalue weighted by Crippen LogP contribution is 2.26. The lowest BCUT2D eigenvalue weighted by Gasteiger charge is -2.21. The molecule has 0 fully saturated rings. The first kappa shape index (κ1) is 22.1. The SMILES string of the molecule is CCN(CC)c1ccc(NC(=O)COC(=O)c2cc(-c3ccco3)nc3ccccc23)cc1. The van der Waals surface area contributed by atoms with Crippen molar-refractivity contribution in [1.82, 2.24) is 4.98 Å². The van der Waals surface area contributed by atoms with Gasteiger partial charge in [0.15, 0.2) is 12.4 Å². The number of benzene rings is 2. The Balaban J connectivity index is 1.45. The number of pyridine rings is 1. The minimum atomic E-state index is -0.603. The standard InChI is InChI=1S/C26H25N3O4/c1-3-29(4-2)19-13-11-18(12-14-19)27-25(30)17-33-26(31)21-16-23(24-10-7-15-32-24)28-22-9-6-5-8-20(21)22/h5-16H,3-4,17H2,1-2H3,(H,27,30). The number of nitrogens with zero attached hydrogens (tertiary/aromatic N) is 2. The lowest BCUT2D eigenvalue weighted by atomic mass is 10.1. The van der Waals surface area contributed by atoms with Gasteiger partial charge in [0, 0.05) is 29.9 Å². The summed E-state index contributed by atoms with van der Waals surface area (Å²) in [5.41, 5.74) is 3.20. The Kier molecular flexibility index (Phi) is 6.69. The lowest BCUT2D eigenvalue weighted by molar-refractivity contribution is -0.119. The molecule has 33 heavy (non-hydrogen) atoms. The number of ether oxygens (including phenoxy) is 1. The van der Waals surface area contributed by atoms with Crippen LogP contribution in [0.2, 0.25) is 0 Å². The van der Waals surface area contributed by atoms with Crippen LogP contribution in [0.3, 0.4) is 0 Å². The van der Waals surface area contributed by atoms with Crippen molar-refractivity contribution >= 4 is 34.2 Å². The number of furan rings is 1. The molecule has 0 radical (unpaired) electrons. The quantitative estimate of drug-likeness (QED) is 0.380. The molecule has 7 nitrogen and oxygen atoms in total. The molecule has 0 aliphatic carbocycles. The Labute approximate surface area is 192 Å². The maximum Gasteiger partial charge on any atom is 0.339 e. The molecule has 7 heteroatoms. The van der Waals surface area contributed by atoms with Crippen molar-refractivity contribution in [2.45, 2.75) is 13.8 Å². The second-order valence-electron chi connectivity index (χ2n) is 7.39. The van der Waals surface area contributed by atoms with E-state index in [0.717, 1.165) is 18.8 Å². The maximum absolute atomic E-state index is 12.9. The number of anilines is 2. The van der Waals surface area contributed by atoms with Crippen molar-refractivity contribution < 1.29 is 18.7 Å². The Morgan fingerprint density at radius 1 is 1.00 bits per heavy atom. The summed E-state index contributed by atoms with van der Waals surface area (Å²) >= 11 is 0. The molecule has 0 aliphatic heterocycles. The zero-order chi connectivity index (χ0) is 23.2. The number of carbonyl (C=O) groups excluding carboxylic acids is 2. The molecule has 0 atom stereocenters. The van der Waals surface area contributed by atoms with Crippen LogP contribution in [0, 0.1) is 0 Å². The minimum Gasteiger partial charge on any atom is -0.463 e. The van der Waals surface area contributed by atoms with Gasteiger partial charge in [-0.05, 0) is 62.4 Å². The van der Waals surface area contributed by atoms with E-state index >= 15 is 0 Å². The molecule has 0 spiro atoms. The van der Waals surface area contributed by atoms with Gasteiger partial charge in [0.25, 0.3) is 5.91 Å². The van der Waals surface area contributed by atoms with E-state index in [9.17, 15) is 9.59 Å². The van der Waals surface area contributed by atoms with Crippen LogP contribution in [-0.2, 0) is 9.53 Å². The normalized spacial score (nSPS) is 10.7. The molecular weight excluding hydrogens is 418 g/mol. The molecule has 1 N–H and O–H groups in total. The van der Waals surface area contributed by atoms with Crippen molar-refractivity contribution in [3.8, 4) is 11.5 Å². The third-order valence-corrected chi connectivity index (χ3v) is 5.32. The van der Waals surface area contributed by atoms with Crippen LogP contribution in [0.25, 0.3) is 22.4 Å². The number of nitrogens with one attached hydrogen (secondary N) is 1. The van der Waals surface area contributed by atoms with E-state index < -0.39 is 18.5 Å². The van der Waals surface area contributed by atoms with Crippen LogP contribution < -0.4 is 10.2 Å². The second kappa shape index (κ2) is 9.99. The fourth-order valence-corrected chi connectivity index (χ4v) is 3.65. The molecule has 2 heterocycles. The molecule has 4 rings (SSSR count). The zero-order valence-corrected chi connectivity index (χ0v) is 18.6. The summed E-state index contributed by atoms with van der Waals surface area (Å²) in [5, 5.41) is 3.40. The number of esters is 1. The van der Waals surface area contributed by atoms with Crippen molar-refractivity contribution in [3.05, 3.63) is 78.6 Å². The molecule has 2 aromatic heterocycles. The molecule has 0 unspecified atom stereocenters. The van der Waals surface area contributed by atoms with Gasteiger partial charge in [-0.2, -0.15) is 0 Å². The number of amides is 1. The van der Waals surface area contributed by atoms with Gasteiger partial charge in [-0.3, -0.25) is 4.79 Å². The Bertz CT molecular complexity index is 1250. The van der Waals surface area contributed by atoms with Crippen molar-refractivity contribution in [3.63, 3.8) is 0 Å². The average molecular weight is 444 g/mol. The first-order chi connectivity index (χ1) is 16.1. The van der Waals surface area contributed by atoms with E-state index in [1.54, 1.807) is 30.5 Å². The molecule has 0 saturated carbocycles. The molecule has 4 aromatic rings. The Hall–Kier alpha value is -4.13. The summed E-state index contributed by atoms with van der Waals surface area (Å²) in [6.45, 7) is 5.60. The number of hydrogen-bond acceptors (Lipinski definition) is 6. The van der Waals surface area contributed by atoms with Crippen LogP contribution in [-0.4, -0.2) is 36.6 Å². The minimum absolute atomic E-state index is 0.323. The number of hydrogen-bond donors (Lipinski definition) is 1. The van der Waals surface area contributed by atoms with Gasteiger partial charge in [0.2, 0.25) is 0 Å². The van der Waals surface area contributed by atoms with E-state index in [1.807, 2.05) is 42.5 Å². The van der Waals surface area contributed by atoms with E-state index in [1.165, 1.54) is 0 Å². The fraction of sp³-hybridized carbons (Fsp3) is 0.192. The molecule has 168 valence electrons. The predicted octanol–water partition coefficient (Wildman–Crippen LogP) is 5.14. The van der Waals surface area contributed by atoms with Crippen LogP contribution >= 0.6 is 0 Å². The van der Waals surface area contributed by atoms with Crippen molar-refractivity contribution in [2.24, 2.45) is 0 Å². The average Bonchev–Trinajstić information content (AvgIpc) is 3.39. The Morgan fingerprint density at radius 3 is 2.45 bits per heavy atom. The van der Waals surface area contributed by atoms with E-state index in [0.29, 0.717) is 33.6 Å². The molecule has 0 aliphatic rings. The predicted molar refractivity (Wildman–Crippen MR) is 128 cm³/mol. The summed E-state index contributed by atoms with van der Waals surface area (Å²) < 4.78 is 10.7. The van der Waals surface area contributed by atoms with Gasteiger partial charge in [0.1, 0.15) is 5.69 Å². The van der Waals surface area contributed by atoms with Crippen LogP contribution in [0.1, 0.15) is 24.2 Å². The second-order valence-corrected chi connectivity index (χ2v) is 7.39. The molecule has 0 bridgehead atoms. The highest BCUT2D eigenvalue weighted by atomic mass is 16.5. The first-order valence-electron chi connectivity index (χ1n) is 10.8. The fourth-order valence-electron chi connectivity index (χ4n) is 3.65. The first-order valence-corrected chi connectivity index (χ1v) is 10.8. The summed E-state index contributed by atoms with van der Waals surface area (Å²) in [6, 6.07) is 20.0. The molecular formula is C26H25N3O4. The third-order valence-electron chi connectivity index (χ3n) is 5.32. The van der Waals surface area contributed by atoms with Crippen LogP contribution in [0.5, 0.6) is 0 Å². The van der Waals surface area contributed by atoms with Gasteiger partial charge in [-0.15, -0.1) is 0 Å². The van der Waals surface area contributed by atoms with Crippen LogP contribution in [0.4, 0.5) is 11.4 Å². The van der Waals surface area contributed by atoms with Gasteiger partial charge in [0.05, 0.1) is 17.3 Å². The molecule has 0 saturated heterocycles. The highest BCUT2D eigenvalue weighted by molar-refractivity contribution is 6.05. The monoisotopic (exact) mass is 443 g/mol. The van der Waals surface area contributed by atoms with Gasteiger partial charge in [-0.1, -0.05) is 18.2 Å². The van der Waals surface area contributed by atoms with Gasteiger partial charge < -0.3 is 19.4 Å². The lowest BCUT2D eigenvalue weighted by Crippen LogP contribution is -2.22. The maximum atomic E-state index is 12.9. The summed E-state index contributed by atoms with van der Waals surface area (Å²) in [7, 11) is 0. The smallest absolute Gasteiger partial charge is 0.339 e. The van der Waals surface area contributed by atoms with Crippen molar-refractivity contribution in [2.75, 3.05) is 29.9 Å². The van der Waals surface area contributed by atoms with Gasteiger partial charge >= 0.3 is 5.97 Å². The largest absolute Gasteiger partial charge is 0.463 e. The van der Waals surface area contributed by atoms with Crippen molar-refractivity contribution in [1.29, 1.82) is 0 Å². The molecule has 2 aromatic carbocycles. The van der Waals surface area contributed by atoms with E-state index in [4.69, 9.17) is 9.15 Å². The topological polar surface area (TPSA) is 84.7 Å². The molecule has 1 amide bonds. The zero-order valence-electron chi connectivity index (χ0n) is 18.6.